The zero-order valence-corrected chi connectivity index (χ0v) is 11.7. The Morgan fingerprint density at radius 2 is 2.11 bits per heavy atom. The topological polar surface area (TPSA) is 29.3 Å². The quantitative estimate of drug-likeness (QED) is 0.773. The molecule has 1 unspecified atom stereocenters. The summed E-state index contributed by atoms with van der Waals surface area (Å²) in [5.41, 5.74) is 2.52. The smallest absolute Gasteiger partial charge is 0.193 e. The SMILES string of the molecule is CNC(Cc1ccccc1)Cc1cn2ccsc2n1. The van der Waals surface area contributed by atoms with Crippen molar-refractivity contribution < 1.29 is 0 Å². The van der Waals surface area contributed by atoms with Gasteiger partial charge < -0.3 is 5.32 Å². The minimum absolute atomic E-state index is 0.423. The van der Waals surface area contributed by atoms with Crippen LogP contribution in [-0.2, 0) is 12.8 Å². The summed E-state index contributed by atoms with van der Waals surface area (Å²) >= 11 is 1.68. The molecule has 3 rings (SSSR count). The van der Waals surface area contributed by atoms with Gasteiger partial charge in [-0.25, -0.2) is 4.98 Å². The van der Waals surface area contributed by atoms with Crippen LogP contribution in [0.3, 0.4) is 0 Å². The molecule has 0 saturated heterocycles. The monoisotopic (exact) mass is 271 g/mol. The van der Waals surface area contributed by atoms with E-state index in [1.54, 1.807) is 11.3 Å². The third-order valence-electron chi connectivity index (χ3n) is 3.33. The summed E-state index contributed by atoms with van der Waals surface area (Å²) in [6.07, 6.45) is 6.17. The van der Waals surface area contributed by atoms with Crippen LogP contribution in [0.2, 0.25) is 0 Å². The van der Waals surface area contributed by atoms with E-state index in [0.717, 1.165) is 23.5 Å². The molecule has 0 radical (unpaired) electrons. The Labute approximate surface area is 116 Å². The van der Waals surface area contributed by atoms with E-state index in [4.69, 9.17) is 0 Å². The van der Waals surface area contributed by atoms with E-state index in [1.807, 2.05) is 7.05 Å². The zero-order valence-electron chi connectivity index (χ0n) is 10.9. The van der Waals surface area contributed by atoms with Crippen LogP contribution in [0.4, 0.5) is 0 Å². The summed E-state index contributed by atoms with van der Waals surface area (Å²) in [4.78, 5) is 5.72. The minimum Gasteiger partial charge on any atom is -0.316 e. The van der Waals surface area contributed by atoms with Gasteiger partial charge >= 0.3 is 0 Å². The van der Waals surface area contributed by atoms with Crippen molar-refractivity contribution in [3.05, 3.63) is 59.4 Å². The number of hydrogen-bond acceptors (Lipinski definition) is 3. The van der Waals surface area contributed by atoms with Crippen LogP contribution in [0.25, 0.3) is 4.96 Å². The fourth-order valence-electron chi connectivity index (χ4n) is 2.30. The average molecular weight is 271 g/mol. The molecular weight excluding hydrogens is 254 g/mol. The molecule has 0 aliphatic rings. The normalized spacial score (nSPS) is 12.9. The second-order valence-electron chi connectivity index (χ2n) is 4.70. The fourth-order valence-corrected chi connectivity index (χ4v) is 3.02. The van der Waals surface area contributed by atoms with Gasteiger partial charge in [0.05, 0.1) is 5.69 Å². The van der Waals surface area contributed by atoms with Crippen molar-refractivity contribution in [2.75, 3.05) is 7.05 Å². The van der Waals surface area contributed by atoms with Gasteiger partial charge in [-0.05, 0) is 19.0 Å². The number of rotatable bonds is 5. The lowest BCUT2D eigenvalue weighted by Gasteiger charge is -2.14. The number of hydrogen-bond donors (Lipinski definition) is 1. The summed E-state index contributed by atoms with van der Waals surface area (Å²) < 4.78 is 2.09. The molecule has 3 nitrogen and oxygen atoms in total. The number of nitrogens with zero attached hydrogens (tertiary/aromatic N) is 2. The summed E-state index contributed by atoms with van der Waals surface area (Å²) in [6.45, 7) is 0. The van der Waals surface area contributed by atoms with E-state index in [0.29, 0.717) is 6.04 Å². The summed E-state index contributed by atoms with van der Waals surface area (Å²) in [5, 5.41) is 5.45. The van der Waals surface area contributed by atoms with Crippen LogP contribution < -0.4 is 5.32 Å². The Hall–Kier alpha value is -1.65. The second-order valence-corrected chi connectivity index (χ2v) is 5.58. The molecule has 1 aromatic carbocycles. The van der Waals surface area contributed by atoms with Crippen LogP contribution in [0.1, 0.15) is 11.3 Å². The predicted octanol–water partition coefficient (Wildman–Crippen LogP) is 2.77. The van der Waals surface area contributed by atoms with Crippen molar-refractivity contribution in [2.24, 2.45) is 0 Å². The predicted molar refractivity (Wildman–Crippen MR) is 79.8 cm³/mol. The van der Waals surface area contributed by atoms with Crippen molar-refractivity contribution in [1.29, 1.82) is 0 Å². The minimum atomic E-state index is 0.423. The van der Waals surface area contributed by atoms with Crippen LogP contribution in [0.15, 0.2) is 48.1 Å². The third-order valence-corrected chi connectivity index (χ3v) is 4.10. The van der Waals surface area contributed by atoms with Crippen molar-refractivity contribution in [3.63, 3.8) is 0 Å². The molecule has 0 aliphatic carbocycles. The van der Waals surface area contributed by atoms with E-state index in [9.17, 15) is 0 Å². The van der Waals surface area contributed by atoms with Gasteiger partial charge in [-0.2, -0.15) is 0 Å². The molecule has 98 valence electrons. The van der Waals surface area contributed by atoms with E-state index < -0.39 is 0 Å². The fraction of sp³-hybridized carbons (Fsp3) is 0.267. The molecule has 0 amide bonds. The maximum atomic E-state index is 4.64. The van der Waals surface area contributed by atoms with Gasteiger partial charge in [0.15, 0.2) is 4.96 Å². The van der Waals surface area contributed by atoms with Crippen molar-refractivity contribution in [2.45, 2.75) is 18.9 Å². The Balaban J connectivity index is 1.71. The molecule has 0 fully saturated rings. The first-order valence-electron chi connectivity index (χ1n) is 6.47. The van der Waals surface area contributed by atoms with E-state index in [2.05, 4.69) is 62.8 Å². The molecule has 0 spiro atoms. The molecule has 0 aliphatic heterocycles. The standard InChI is InChI=1S/C15H17N3S/c1-16-13(9-12-5-3-2-4-6-12)10-14-11-18-7-8-19-15(18)17-14/h2-8,11,13,16H,9-10H2,1H3. The highest BCUT2D eigenvalue weighted by atomic mass is 32.1. The number of aromatic nitrogens is 2. The second kappa shape index (κ2) is 5.55. The average Bonchev–Trinajstić information content (AvgIpc) is 3.00. The highest BCUT2D eigenvalue weighted by molar-refractivity contribution is 7.15. The van der Waals surface area contributed by atoms with Crippen molar-refractivity contribution in [1.82, 2.24) is 14.7 Å². The highest BCUT2D eigenvalue weighted by Gasteiger charge is 2.11. The van der Waals surface area contributed by atoms with Gasteiger partial charge in [-0.3, -0.25) is 4.40 Å². The van der Waals surface area contributed by atoms with E-state index >= 15 is 0 Å². The Bertz CT molecular complexity index is 613. The number of likely N-dealkylation sites (N-methyl/N-ethyl adjacent to an activating group) is 1. The Morgan fingerprint density at radius 1 is 1.26 bits per heavy atom. The van der Waals surface area contributed by atoms with Gasteiger partial charge in [0.2, 0.25) is 0 Å². The molecule has 1 atom stereocenters. The van der Waals surface area contributed by atoms with Crippen molar-refractivity contribution >= 4 is 16.3 Å². The van der Waals surface area contributed by atoms with E-state index in [1.165, 1.54) is 5.56 Å². The highest BCUT2D eigenvalue weighted by Crippen LogP contribution is 2.14. The third kappa shape index (κ3) is 2.85. The molecule has 2 heterocycles. The number of thiazole rings is 1. The molecule has 2 aromatic heterocycles. The maximum Gasteiger partial charge on any atom is 0.193 e. The molecular formula is C15H17N3S. The Morgan fingerprint density at radius 3 is 2.84 bits per heavy atom. The largest absolute Gasteiger partial charge is 0.316 e. The van der Waals surface area contributed by atoms with Gasteiger partial charge in [0.1, 0.15) is 0 Å². The number of nitrogens with one attached hydrogen (secondary N) is 1. The molecule has 0 saturated carbocycles. The summed E-state index contributed by atoms with van der Waals surface area (Å²) in [5.74, 6) is 0. The van der Waals surface area contributed by atoms with Gasteiger partial charge in [-0.1, -0.05) is 30.3 Å². The molecule has 4 heteroatoms. The number of benzene rings is 1. The number of imidazole rings is 1. The first kappa shape index (κ1) is 12.4. The molecule has 0 bridgehead atoms. The zero-order chi connectivity index (χ0) is 13.1. The van der Waals surface area contributed by atoms with Crippen LogP contribution >= 0.6 is 11.3 Å². The summed E-state index contributed by atoms with van der Waals surface area (Å²) in [7, 11) is 2.02. The summed E-state index contributed by atoms with van der Waals surface area (Å²) in [6, 6.07) is 11.0. The lowest BCUT2D eigenvalue weighted by molar-refractivity contribution is 0.551. The van der Waals surface area contributed by atoms with Crippen LogP contribution in [-0.4, -0.2) is 22.5 Å². The first-order valence-corrected chi connectivity index (χ1v) is 7.35. The van der Waals surface area contributed by atoms with Crippen LogP contribution in [0.5, 0.6) is 0 Å². The number of fused-ring (bicyclic) bond motifs is 1. The Kier molecular flexibility index (Phi) is 3.62. The van der Waals surface area contributed by atoms with E-state index in [-0.39, 0.29) is 0 Å². The van der Waals surface area contributed by atoms with Crippen LogP contribution in [0, 0.1) is 0 Å². The van der Waals surface area contributed by atoms with Gasteiger partial charge in [0, 0.05) is 30.2 Å². The maximum absolute atomic E-state index is 4.64. The van der Waals surface area contributed by atoms with Gasteiger partial charge in [0.25, 0.3) is 0 Å². The lowest BCUT2D eigenvalue weighted by atomic mass is 10.0. The van der Waals surface area contributed by atoms with Gasteiger partial charge in [-0.15, -0.1) is 11.3 Å². The lowest BCUT2D eigenvalue weighted by Crippen LogP contribution is -2.30. The molecule has 19 heavy (non-hydrogen) atoms. The molecule has 1 N–H and O–H groups in total. The molecule has 3 aromatic rings. The van der Waals surface area contributed by atoms with Crippen molar-refractivity contribution in [3.8, 4) is 0 Å². The first-order chi connectivity index (χ1) is 9.35.